The molecule has 2 atom stereocenters. The molecule has 2 amide bonds. The van der Waals surface area contributed by atoms with Gasteiger partial charge in [0.15, 0.2) is 0 Å². The molecule has 2 fully saturated rings. The molecule has 1 aliphatic heterocycles. The van der Waals surface area contributed by atoms with Gasteiger partial charge in [-0.3, -0.25) is 9.59 Å². The van der Waals surface area contributed by atoms with Gasteiger partial charge in [-0.2, -0.15) is 0 Å². The van der Waals surface area contributed by atoms with Gasteiger partial charge in [0.2, 0.25) is 11.8 Å². The lowest BCUT2D eigenvalue weighted by atomic mass is 9.95. The van der Waals surface area contributed by atoms with Gasteiger partial charge < -0.3 is 15.3 Å². The van der Waals surface area contributed by atoms with Crippen molar-refractivity contribution in [1.29, 1.82) is 0 Å². The number of nitrogens with zero attached hydrogens (tertiary/aromatic N) is 1. The van der Waals surface area contributed by atoms with Crippen LogP contribution in [0.15, 0.2) is 22.7 Å². The molecule has 24 heavy (non-hydrogen) atoms. The van der Waals surface area contributed by atoms with Gasteiger partial charge in [-0.05, 0) is 56.4 Å². The van der Waals surface area contributed by atoms with Crippen LogP contribution in [-0.2, 0) is 9.59 Å². The molecule has 3 rings (SSSR count). The number of amides is 2. The highest BCUT2D eigenvalue weighted by Gasteiger charge is 2.44. The van der Waals surface area contributed by atoms with Gasteiger partial charge in [0.25, 0.3) is 0 Å². The average Bonchev–Trinajstić information content (AvgIpc) is 3.33. The van der Waals surface area contributed by atoms with Crippen molar-refractivity contribution < 1.29 is 14.7 Å². The number of carbonyl (C=O) groups is 2. The average molecular weight is 395 g/mol. The van der Waals surface area contributed by atoms with Crippen molar-refractivity contribution in [2.45, 2.75) is 38.6 Å². The van der Waals surface area contributed by atoms with Crippen LogP contribution < -0.4 is 10.2 Å². The van der Waals surface area contributed by atoms with E-state index in [4.69, 9.17) is 0 Å². The van der Waals surface area contributed by atoms with Crippen LogP contribution in [0.25, 0.3) is 0 Å². The van der Waals surface area contributed by atoms with Gasteiger partial charge in [-0.1, -0.05) is 15.9 Å². The van der Waals surface area contributed by atoms with E-state index in [-0.39, 0.29) is 30.8 Å². The van der Waals surface area contributed by atoms with Crippen LogP contribution >= 0.6 is 15.9 Å². The van der Waals surface area contributed by atoms with Crippen molar-refractivity contribution in [1.82, 2.24) is 5.32 Å². The topological polar surface area (TPSA) is 69.6 Å². The van der Waals surface area contributed by atoms with Crippen LogP contribution in [-0.4, -0.2) is 35.6 Å². The van der Waals surface area contributed by atoms with Gasteiger partial charge in [-0.15, -0.1) is 0 Å². The molecule has 2 N–H and O–H groups in total. The lowest BCUT2D eigenvalue weighted by Crippen LogP contribution is -2.52. The van der Waals surface area contributed by atoms with Crippen molar-refractivity contribution in [3.63, 3.8) is 0 Å². The van der Waals surface area contributed by atoms with E-state index in [1.165, 1.54) is 0 Å². The fraction of sp³-hybridized carbons (Fsp3) is 0.556. The molecule has 1 saturated heterocycles. The zero-order chi connectivity index (χ0) is 17.5. The Morgan fingerprint density at radius 1 is 1.46 bits per heavy atom. The maximum absolute atomic E-state index is 12.6. The third kappa shape index (κ3) is 3.35. The monoisotopic (exact) mass is 394 g/mol. The molecule has 130 valence electrons. The van der Waals surface area contributed by atoms with Gasteiger partial charge >= 0.3 is 0 Å². The highest BCUT2D eigenvalue weighted by atomic mass is 79.9. The normalized spacial score (nSPS) is 23.2. The number of hydrogen-bond donors (Lipinski definition) is 2. The first kappa shape index (κ1) is 17.4. The van der Waals surface area contributed by atoms with Gasteiger partial charge in [0, 0.05) is 23.1 Å². The van der Waals surface area contributed by atoms with Crippen LogP contribution in [0.1, 0.15) is 31.7 Å². The van der Waals surface area contributed by atoms with E-state index in [0.717, 1.165) is 28.6 Å². The van der Waals surface area contributed by atoms with Crippen molar-refractivity contribution in [2.24, 2.45) is 11.8 Å². The molecule has 1 aromatic carbocycles. The molecule has 1 heterocycles. The van der Waals surface area contributed by atoms with Crippen molar-refractivity contribution in [2.75, 3.05) is 18.1 Å². The quantitative estimate of drug-likeness (QED) is 0.805. The van der Waals surface area contributed by atoms with E-state index in [9.17, 15) is 14.7 Å². The number of benzene rings is 1. The van der Waals surface area contributed by atoms with E-state index in [0.29, 0.717) is 12.5 Å². The summed E-state index contributed by atoms with van der Waals surface area (Å²) in [6.45, 7) is 4.17. The highest BCUT2D eigenvalue weighted by Crippen LogP contribution is 2.39. The first-order valence-electron chi connectivity index (χ1n) is 8.33. The van der Waals surface area contributed by atoms with Crippen molar-refractivity contribution >= 4 is 33.4 Å². The Morgan fingerprint density at radius 2 is 2.17 bits per heavy atom. The third-order valence-electron chi connectivity index (χ3n) is 5.16. The van der Waals surface area contributed by atoms with Crippen molar-refractivity contribution in [3.8, 4) is 0 Å². The molecule has 0 bridgehead atoms. The van der Waals surface area contributed by atoms with E-state index in [1.807, 2.05) is 32.0 Å². The summed E-state index contributed by atoms with van der Waals surface area (Å²) in [7, 11) is 0. The molecule has 2 aliphatic rings. The summed E-state index contributed by atoms with van der Waals surface area (Å²) >= 11 is 3.46. The lowest BCUT2D eigenvalue weighted by molar-refractivity contribution is -0.128. The standard InChI is InChI=1S/C18H23BrN2O3/c1-11-7-14(5-6-15(11)19)21-9-12(8-16(21)23)17(24)20-18(2,10-22)13-3-4-13/h5-7,12-13,22H,3-4,8-10H2,1-2H3,(H,20,24)/t12-,18-/m1/s1. The van der Waals surface area contributed by atoms with Crippen LogP contribution in [0, 0.1) is 18.8 Å². The molecule has 1 aliphatic carbocycles. The number of hydrogen-bond acceptors (Lipinski definition) is 3. The summed E-state index contributed by atoms with van der Waals surface area (Å²) in [6.07, 6.45) is 2.28. The summed E-state index contributed by atoms with van der Waals surface area (Å²) in [4.78, 5) is 26.6. The van der Waals surface area contributed by atoms with Gasteiger partial charge in [0.1, 0.15) is 0 Å². The van der Waals surface area contributed by atoms with E-state index in [1.54, 1.807) is 4.90 Å². The Bertz CT molecular complexity index is 674. The summed E-state index contributed by atoms with van der Waals surface area (Å²) in [6, 6.07) is 5.75. The minimum Gasteiger partial charge on any atom is -0.394 e. The molecule has 0 radical (unpaired) electrons. The minimum atomic E-state index is -0.568. The van der Waals surface area contributed by atoms with Crippen LogP contribution in [0.4, 0.5) is 5.69 Å². The van der Waals surface area contributed by atoms with E-state index in [2.05, 4.69) is 21.2 Å². The summed E-state index contributed by atoms with van der Waals surface area (Å²) in [5.41, 5.74) is 1.31. The Balaban J connectivity index is 1.69. The number of anilines is 1. The smallest absolute Gasteiger partial charge is 0.227 e. The molecule has 1 saturated carbocycles. The Kier molecular flexibility index (Phi) is 4.71. The second-order valence-electron chi connectivity index (χ2n) is 7.18. The zero-order valence-corrected chi connectivity index (χ0v) is 15.6. The molecular weight excluding hydrogens is 372 g/mol. The first-order chi connectivity index (χ1) is 11.3. The fourth-order valence-corrected chi connectivity index (χ4v) is 3.55. The Hall–Kier alpha value is -1.40. The predicted molar refractivity (Wildman–Crippen MR) is 95.7 cm³/mol. The molecule has 0 unspecified atom stereocenters. The number of rotatable bonds is 5. The Labute approximate surface area is 150 Å². The maximum atomic E-state index is 12.6. The molecule has 5 nitrogen and oxygen atoms in total. The largest absolute Gasteiger partial charge is 0.394 e. The molecule has 6 heteroatoms. The van der Waals surface area contributed by atoms with E-state index < -0.39 is 5.54 Å². The second kappa shape index (κ2) is 6.48. The molecule has 1 aromatic rings. The second-order valence-corrected chi connectivity index (χ2v) is 8.03. The molecule has 0 aromatic heterocycles. The maximum Gasteiger partial charge on any atom is 0.227 e. The number of nitrogens with one attached hydrogen (secondary N) is 1. The fourth-order valence-electron chi connectivity index (χ4n) is 3.30. The lowest BCUT2D eigenvalue weighted by Gasteiger charge is -2.30. The Morgan fingerprint density at radius 3 is 2.75 bits per heavy atom. The predicted octanol–water partition coefficient (Wildman–Crippen LogP) is 2.39. The van der Waals surface area contributed by atoms with Crippen LogP contribution in [0.5, 0.6) is 0 Å². The zero-order valence-electron chi connectivity index (χ0n) is 14.0. The number of halogens is 1. The molecule has 0 spiro atoms. The third-order valence-corrected chi connectivity index (χ3v) is 6.05. The van der Waals surface area contributed by atoms with Crippen LogP contribution in [0.3, 0.4) is 0 Å². The van der Waals surface area contributed by atoms with Gasteiger partial charge in [-0.25, -0.2) is 0 Å². The first-order valence-corrected chi connectivity index (χ1v) is 9.13. The van der Waals surface area contributed by atoms with Crippen molar-refractivity contribution in [3.05, 3.63) is 28.2 Å². The summed E-state index contributed by atoms with van der Waals surface area (Å²) < 4.78 is 0.996. The van der Waals surface area contributed by atoms with Gasteiger partial charge in [0.05, 0.1) is 18.1 Å². The van der Waals surface area contributed by atoms with E-state index >= 15 is 0 Å². The summed E-state index contributed by atoms with van der Waals surface area (Å²) in [5.74, 6) is -0.197. The number of aryl methyl sites for hydroxylation is 1. The molecular formula is C18H23BrN2O3. The van der Waals surface area contributed by atoms with Crippen LogP contribution in [0.2, 0.25) is 0 Å². The number of carbonyl (C=O) groups excluding carboxylic acids is 2. The highest BCUT2D eigenvalue weighted by molar-refractivity contribution is 9.10. The number of aliphatic hydroxyl groups excluding tert-OH is 1. The minimum absolute atomic E-state index is 0.0333. The summed E-state index contributed by atoms with van der Waals surface area (Å²) in [5, 5.41) is 12.6. The number of aliphatic hydroxyl groups is 1. The SMILES string of the molecule is Cc1cc(N2C[C@H](C(=O)N[C@](C)(CO)C3CC3)CC2=O)ccc1Br.